The van der Waals surface area contributed by atoms with Crippen molar-refractivity contribution in [2.45, 2.75) is 13.5 Å². The SMILES string of the molecule is CCOc1cccc(OCc2ccc(C(=O)O)cc2Cl)c1. The Balaban J connectivity index is 2.06. The van der Waals surface area contributed by atoms with Crippen LogP contribution >= 0.6 is 11.6 Å². The van der Waals surface area contributed by atoms with Gasteiger partial charge in [-0.3, -0.25) is 0 Å². The van der Waals surface area contributed by atoms with E-state index in [1.165, 1.54) is 12.1 Å². The molecule has 0 fully saturated rings. The van der Waals surface area contributed by atoms with E-state index in [0.717, 1.165) is 11.3 Å². The summed E-state index contributed by atoms with van der Waals surface area (Å²) in [7, 11) is 0. The van der Waals surface area contributed by atoms with E-state index in [4.69, 9.17) is 26.2 Å². The first-order valence-electron chi connectivity index (χ1n) is 6.47. The highest BCUT2D eigenvalue weighted by atomic mass is 35.5. The van der Waals surface area contributed by atoms with Crippen LogP contribution in [0.15, 0.2) is 42.5 Å². The highest BCUT2D eigenvalue weighted by Gasteiger charge is 2.08. The molecule has 21 heavy (non-hydrogen) atoms. The van der Waals surface area contributed by atoms with Gasteiger partial charge in [-0.1, -0.05) is 23.7 Å². The summed E-state index contributed by atoms with van der Waals surface area (Å²) in [6.07, 6.45) is 0. The molecule has 0 spiro atoms. The number of rotatable bonds is 6. The fourth-order valence-electron chi connectivity index (χ4n) is 1.78. The molecule has 0 atom stereocenters. The van der Waals surface area contributed by atoms with Crippen LogP contribution < -0.4 is 9.47 Å². The van der Waals surface area contributed by atoms with Crippen LogP contribution in [-0.4, -0.2) is 17.7 Å². The van der Waals surface area contributed by atoms with Crippen LogP contribution in [0.5, 0.6) is 11.5 Å². The Bertz CT molecular complexity index is 640. The van der Waals surface area contributed by atoms with Crippen LogP contribution in [0.4, 0.5) is 0 Å². The van der Waals surface area contributed by atoms with Crippen LogP contribution in [0.3, 0.4) is 0 Å². The van der Waals surface area contributed by atoms with Crippen molar-refractivity contribution < 1.29 is 19.4 Å². The number of hydrogen-bond donors (Lipinski definition) is 1. The summed E-state index contributed by atoms with van der Waals surface area (Å²) >= 11 is 6.05. The Morgan fingerprint density at radius 1 is 1.14 bits per heavy atom. The van der Waals surface area contributed by atoms with Gasteiger partial charge in [-0.15, -0.1) is 0 Å². The van der Waals surface area contributed by atoms with E-state index >= 15 is 0 Å². The third-order valence-electron chi connectivity index (χ3n) is 2.81. The van der Waals surface area contributed by atoms with E-state index in [-0.39, 0.29) is 12.2 Å². The van der Waals surface area contributed by atoms with Crippen molar-refractivity contribution in [2.75, 3.05) is 6.61 Å². The van der Waals surface area contributed by atoms with Gasteiger partial charge in [0, 0.05) is 16.7 Å². The fraction of sp³-hybridized carbons (Fsp3) is 0.188. The van der Waals surface area contributed by atoms with Crippen molar-refractivity contribution >= 4 is 17.6 Å². The molecule has 0 unspecified atom stereocenters. The summed E-state index contributed by atoms with van der Waals surface area (Å²) in [5.41, 5.74) is 0.880. The number of ether oxygens (including phenoxy) is 2. The monoisotopic (exact) mass is 306 g/mol. The average Bonchev–Trinajstić information content (AvgIpc) is 2.46. The molecule has 2 rings (SSSR count). The van der Waals surface area contributed by atoms with E-state index in [1.807, 2.05) is 25.1 Å². The van der Waals surface area contributed by atoms with Crippen LogP contribution in [0.2, 0.25) is 5.02 Å². The van der Waals surface area contributed by atoms with Gasteiger partial charge < -0.3 is 14.6 Å². The molecule has 2 aromatic rings. The predicted octanol–water partition coefficient (Wildman–Crippen LogP) is 4.02. The van der Waals surface area contributed by atoms with E-state index in [9.17, 15) is 4.79 Å². The van der Waals surface area contributed by atoms with Crippen molar-refractivity contribution in [2.24, 2.45) is 0 Å². The van der Waals surface area contributed by atoms with E-state index < -0.39 is 5.97 Å². The number of carboxylic acids is 1. The van der Waals surface area contributed by atoms with Crippen LogP contribution in [0.1, 0.15) is 22.8 Å². The van der Waals surface area contributed by atoms with Crippen LogP contribution in [0.25, 0.3) is 0 Å². The second-order valence-corrected chi connectivity index (χ2v) is 4.72. The number of hydrogen-bond acceptors (Lipinski definition) is 3. The largest absolute Gasteiger partial charge is 0.494 e. The Morgan fingerprint density at radius 3 is 2.48 bits per heavy atom. The van der Waals surface area contributed by atoms with Crippen molar-refractivity contribution in [1.82, 2.24) is 0 Å². The molecule has 1 N–H and O–H groups in total. The normalized spacial score (nSPS) is 10.2. The molecular formula is C16H15ClO4. The lowest BCUT2D eigenvalue weighted by atomic mass is 10.1. The molecular weight excluding hydrogens is 292 g/mol. The molecule has 0 aliphatic heterocycles. The molecule has 0 saturated carbocycles. The molecule has 0 aliphatic rings. The first-order valence-corrected chi connectivity index (χ1v) is 6.85. The Labute approximate surface area is 127 Å². The van der Waals surface area contributed by atoms with Crippen molar-refractivity contribution in [3.63, 3.8) is 0 Å². The number of carbonyl (C=O) groups is 1. The molecule has 2 aromatic carbocycles. The lowest BCUT2D eigenvalue weighted by Crippen LogP contribution is -2.00. The number of halogens is 1. The fourth-order valence-corrected chi connectivity index (χ4v) is 2.01. The molecule has 0 saturated heterocycles. The summed E-state index contributed by atoms with van der Waals surface area (Å²) in [6, 6.07) is 11.9. The van der Waals surface area contributed by atoms with Crippen LogP contribution in [-0.2, 0) is 6.61 Å². The Kier molecular flexibility index (Phi) is 5.06. The van der Waals surface area contributed by atoms with E-state index in [0.29, 0.717) is 17.4 Å². The zero-order valence-electron chi connectivity index (χ0n) is 11.5. The highest BCUT2D eigenvalue weighted by molar-refractivity contribution is 6.31. The average molecular weight is 307 g/mol. The van der Waals surface area contributed by atoms with Gasteiger partial charge in [-0.25, -0.2) is 4.79 Å². The molecule has 4 nitrogen and oxygen atoms in total. The first kappa shape index (κ1) is 15.2. The van der Waals surface area contributed by atoms with E-state index in [1.54, 1.807) is 12.1 Å². The van der Waals surface area contributed by atoms with Gasteiger partial charge >= 0.3 is 5.97 Å². The van der Waals surface area contributed by atoms with Gasteiger partial charge in [-0.05, 0) is 31.2 Å². The Morgan fingerprint density at radius 2 is 1.86 bits per heavy atom. The molecule has 0 radical (unpaired) electrons. The molecule has 5 heteroatoms. The van der Waals surface area contributed by atoms with Gasteiger partial charge in [0.1, 0.15) is 18.1 Å². The maximum Gasteiger partial charge on any atom is 0.335 e. The standard InChI is InChI=1S/C16H15ClO4/c1-2-20-13-4-3-5-14(9-13)21-10-12-7-6-11(16(18)19)8-15(12)17/h3-9H,2,10H2,1H3,(H,18,19). The topological polar surface area (TPSA) is 55.8 Å². The lowest BCUT2D eigenvalue weighted by Gasteiger charge is -2.10. The lowest BCUT2D eigenvalue weighted by molar-refractivity contribution is 0.0697. The second-order valence-electron chi connectivity index (χ2n) is 4.31. The minimum atomic E-state index is -1.01. The number of carboxylic acid groups (broad SMARTS) is 1. The molecule has 0 amide bonds. The summed E-state index contributed by atoms with van der Waals surface area (Å²) in [5, 5.41) is 9.26. The van der Waals surface area contributed by atoms with E-state index in [2.05, 4.69) is 0 Å². The number of benzene rings is 2. The van der Waals surface area contributed by atoms with Crippen molar-refractivity contribution in [3.05, 3.63) is 58.6 Å². The minimum Gasteiger partial charge on any atom is -0.494 e. The van der Waals surface area contributed by atoms with Gasteiger partial charge in [0.05, 0.1) is 12.2 Å². The maximum atomic E-state index is 10.8. The molecule has 0 bridgehead atoms. The minimum absolute atomic E-state index is 0.155. The van der Waals surface area contributed by atoms with Gasteiger partial charge in [0.2, 0.25) is 0 Å². The molecule has 0 aromatic heterocycles. The molecule has 0 aliphatic carbocycles. The summed E-state index contributed by atoms with van der Waals surface area (Å²) in [5.74, 6) is 0.399. The summed E-state index contributed by atoms with van der Waals surface area (Å²) in [6.45, 7) is 2.76. The van der Waals surface area contributed by atoms with Gasteiger partial charge in [0.25, 0.3) is 0 Å². The van der Waals surface area contributed by atoms with Gasteiger partial charge in [-0.2, -0.15) is 0 Å². The molecule has 0 heterocycles. The third-order valence-corrected chi connectivity index (χ3v) is 3.16. The quantitative estimate of drug-likeness (QED) is 0.876. The van der Waals surface area contributed by atoms with Gasteiger partial charge in [0.15, 0.2) is 0 Å². The second kappa shape index (κ2) is 6.99. The van der Waals surface area contributed by atoms with Crippen LogP contribution in [0, 0.1) is 0 Å². The zero-order valence-corrected chi connectivity index (χ0v) is 12.3. The third kappa shape index (κ3) is 4.13. The Hall–Kier alpha value is -2.20. The zero-order chi connectivity index (χ0) is 15.2. The smallest absolute Gasteiger partial charge is 0.335 e. The highest BCUT2D eigenvalue weighted by Crippen LogP contribution is 2.23. The maximum absolute atomic E-state index is 10.8. The molecule has 110 valence electrons. The van der Waals surface area contributed by atoms with Crippen molar-refractivity contribution in [1.29, 1.82) is 0 Å². The number of aromatic carboxylic acids is 1. The summed E-state index contributed by atoms with van der Waals surface area (Å²) in [4.78, 5) is 10.8. The summed E-state index contributed by atoms with van der Waals surface area (Å²) < 4.78 is 11.0. The van der Waals surface area contributed by atoms with Crippen molar-refractivity contribution in [3.8, 4) is 11.5 Å². The predicted molar refractivity (Wildman–Crippen MR) is 80.4 cm³/mol. The first-order chi connectivity index (χ1) is 10.1.